The first-order valence-corrected chi connectivity index (χ1v) is 9.49. The van der Waals surface area contributed by atoms with Crippen LogP contribution in [0.5, 0.6) is 0 Å². The molecule has 0 saturated carbocycles. The summed E-state index contributed by atoms with van der Waals surface area (Å²) in [5.41, 5.74) is 0.156. The van der Waals surface area contributed by atoms with Crippen molar-refractivity contribution in [2.75, 3.05) is 0 Å². The van der Waals surface area contributed by atoms with E-state index in [0.717, 1.165) is 28.2 Å². The minimum absolute atomic E-state index is 0.00165. The summed E-state index contributed by atoms with van der Waals surface area (Å²) in [6, 6.07) is 13.4. The molecule has 1 N–H and O–H groups in total. The van der Waals surface area contributed by atoms with Crippen LogP contribution in [0.3, 0.4) is 0 Å². The Bertz CT molecular complexity index is 815. The van der Waals surface area contributed by atoms with Gasteiger partial charge >= 0.3 is 5.97 Å². The van der Waals surface area contributed by atoms with Gasteiger partial charge in [-0.05, 0) is 50.3 Å². The summed E-state index contributed by atoms with van der Waals surface area (Å²) in [6.07, 6.45) is 2.72. The Morgan fingerprint density at radius 3 is 2.60 bits per heavy atom. The van der Waals surface area contributed by atoms with Crippen molar-refractivity contribution in [2.24, 2.45) is 5.41 Å². The fourth-order valence-electron chi connectivity index (χ4n) is 4.62. The molecule has 130 valence electrons. The zero-order valence-electron chi connectivity index (χ0n) is 14.1. The number of nitrogens with zero attached hydrogens (tertiary/aromatic N) is 1. The molecule has 4 rings (SSSR count). The van der Waals surface area contributed by atoms with E-state index < -0.39 is 11.4 Å². The molecule has 5 heteroatoms. The van der Waals surface area contributed by atoms with E-state index in [1.807, 2.05) is 54.3 Å². The maximum absolute atomic E-state index is 13.0. The average Bonchev–Trinajstić information content (AvgIpc) is 3.28. The van der Waals surface area contributed by atoms with Crippen molar-refractivity contribution in [3.05, 3.63) is 57.8 Å². The van der Waals surface area contributed by atoms with Gasteiger partial charge in [0, 0.05) is 17.0 Å². The molecule has 2 fully saturated rings. The Labute approximate surface area is 151 Å². The van der Waals surface area contributed by atoms with E-state index in [2.05, 4.69) is 0 Å². The Morgan fingerprint density at radius 2 is 1.96 bits per heavy atom. The Morgan fingerprint density at radius 1 is 1.20 bits per heavy atom. The largest absolute Gasteiger partial charge is 0.481 e. The molecule has 4 nitrogen and oxygen atoms in total. The minimum Gasteiger partial charge on any atom is -0.481 e. The Balaban J connectivity index is 1.67. The lowest BCUT2D eigenvalue weighted by Gasteiger charge is -2.33. The van der Waals surface area contributed by atoms with Crippen LogP contribution in [0.25, 0.3) is 0 Å². The Hall–Kier alpha value is -2.14. The van der Waals surface area contributed by atoms with E-state index in [4.69, 9.17) is 0 Å². The fraction of sp³-hybridized carbons (Fsp3) is 0.400. The molecule has 1 aromatic heterocycles. The number of hydrogen-bond donors (Lipinski definition) is 1. The SMILES string of the molecule is Cc1ccc(C(=O)N2[C@H]3CC[C@@H]2[C@](Cc2ccccc2)(C(=O)O)C3)s1. The summed E-state index contributed by atoms with van der Waals surface area (Å²) in [5.74, 6) is -0.773. The van der Waals surface area contributed by atoms with Crippen LogP contribution in [0, 0.1) is 12.3 Å². The fourth-order valence-corrected chi connectivity index (χ4v) is 5.43. The molecule has 2 aliphatic rings. The highest BCUT2D eigenvalue weighted by Gasteiger charge is 2.61. The number of thiophene rings is 1. The number of hydrogen-bond acceptors (Lipinski definition) is 3. The third-order valence-electron chi connectivity index (χ3n) is 5.71. The number of carbonyl (C=O) groups is 2. The van der Waals surface area contributed by atoms with Crippen molar-refractivity contribution in [3.63, 3.8) is 0 Å². The molecule has 0 radical (unpaired) electrons. The summed E-state index contributed by atoms with van der Waals surface area (Å²) < 4.78 is 0. The molecular weight excluding hydrogens is 334 g/mol. The first-order valence-electron chi connectivity index (χ1n) is 8.68. The summed E-state index contributed by atoms with van der Waals surface area (Å²) in [6.45, 7) is 1.98. The lowest BCUT2D eigenvalue weighted by molar-refractivity contribution is -0.150. The summed E-state index contributed by atoms with van der Waals surface area (Å²) in [5, 5.41) is 10.1. The van der Waals surface area contributed by atoms with Crippen LogP contribution in [0.4, 0.5) is 0 Å². The molecule has 25 heavy (non-hydrogen) atoms. The first-order chi connectivity index (χ1) is 12.0. The van der Waals surface area contributed by atoms with Gasteiger partial charge in [-0.1, -0.05) is 30.3 Å². The van der Waals surface area contributed by atoms with Gasteiger partial charge in [-0.3, -0.25) is 9.59 Å². The predicted octanol–water partition coefficient (Wildman–Crippen LogP) is 3.75. The van der Waals surface area contributed by atoms with E-state index in [1.54, 1.807) is 0 Å². The average molecular weight is 355 g/mol. The van der Waals surface area contributed by atoms with Gasteiger partial charge < -0.3 is 10.0 Å². The number of benzene rings is 1. The van der Waals surface area contributed by atoms with Crippen LogP contribution in [0.15, 0.2) is 42.5 Å². The second-order valence-electron chi connectivity index (χ2n) is 7.20. The molecule has 2 saturated heterocycles. The summed E-state index contributed by atoms with van der Waals surface area (Å²) >= 11 is 1.49. The highest BCUT2D eigenvalue weighted by molar-refractivity contribution is 7.13. The number of carbonyl (C=O) groups excluding carboxylic acids is 1. The molecule has 1 amide bonds. The third-order valence-corrected chi connectivity index (χ3v) is 6.70. The topological polar surface area (TPSA) is 57.6 Å². The summed E-state index contributed by atoms with van der Waals surface area (Å²) in [4.78, 5) is 29.0. The van der Waals surface area contributed by atoms with Crippen LogP contribution >= 0.6 is 11.3 Å². The van der Waals surface area contributed by atoms with Crippen LogP contribution in [0.2, 0.25) is 0 Å². The third kappa shape index (κ3) is 2.58. The molecule has 0 aliphatic carbocycles. The van der Waals surface area contributed by atoms with Crippen molar-refractivity contribution < 1.29 is 14.7 Å². The lowest BCUT2D eigenvalue weighted by Crippen LogP contribution is -2.46. The minimum atomic E-state index is -0.869. The standard InChI is InChI=1S/C20H21NO3S/c1-13-7-9-16(25-13)18(22)21-15-8-10-17(21)20(12-15,19(23)24)11-14-5-3-2-4-6-14/h2-7,9,15,17H,8,10-12H2,1H3,(H,23,24)/t15-,17+,20+/m0/s1. The molecule has 2 bridgehead atoms. The van der Waals surface area contributed by atoms with Gasteiger partial charge in [-0.25, -0.2) is 0 Å². The van der Waals surface area contributed by atoms with Gasteiger partial charge in [0.25, 0.3) is 5.91 Å². The molecule has 0 spiro atoms. The van der Waals surface area contributed by atoms with Crippen molar-refractivity contribution in [1.82, 2.24) is 4.90 Å². The number of aliphatic carboxylic acids is 1. The summed E-state index contributed by atoms with van der Waals surface area (Å²) in [7, 11) is 0. The quantitative estimate of drug-likeness (QED) is 0.909. The van der Waals surface area contributed by atoms with Crippen molar-refractivity contribution in [3.8, 4) is 0 Å². The number of carboxylic acid groups (broad SMARTS) is 1. The van der Waals surface area contributed by atoms with Gasteiger partial charge in [0.05, 0.1) is 10.3 Å². The monoisotopic (exact) mass is 355 g/mol. The second kappa shape index (κ2) is 5.99. The van der Waals surface area contributed by atoms with E-state index >= 15 is 0 Å². The molecule has 2 aliphatic heterocycles. The molecule has 1 aromatic carbocycles. The van der Waals surface area contributed by atoms with Gasteiger partial charge in [0.2, 0.25) is 0 Å². The predicted molar refractivity (Wildman–Crippen MR) is 96.9 cm³/mol. The van der Waals surface area contributed by atoms with E-state index in [9.17, 15) is 14.7 Å². The molecule has 0 unspecified atom stereocenters. The number of amides is 1. The maximum atomic E-state index is 13.0. The number of fused-ring (bicyclic) bond motifs is 2. The molecular formula is C20H21NO3S. The van der Waals surface area contributed by atoms with Gasteiger partial charge in [-0.15, -0.1) is 11.3 Å². The van der Waals surface area contributed by atoms with Gasteiger partial charge in [-0.2, -0.15) is 0 Å². The second-order valence-corrected chi connectivity index (χ2v) is 8.49. The van der Waals surface area contributed by atoms with Gasteiger partial charge in [0.1, 0.15) is 0 Å². The van der Waals surface area contributed by atoms with Crippen molar-refractivity contribution in [2.45, 2.75) is 44.7 Å². The molecule has 3 atom stereocenters. The zero-order chi connectivity index (χ0) is 17.6. The number of carboxylic acids is 1. The smallest absolute Gasteiger partial charge is 0.312 e. The first kappa shape index (κ1) is 16.3. The zero-order valence-corrected chi connectivity index (χ0v) is 15.0. The lowest BCUT2D eigenvalue weighted by atomic mass is 9.70. The van der Waals surface area contributed by atoms with Crippen LogP contribution in [-0.2, 0) is 11.2 Å². The van der Waals surface area contributed by atoms with Crippen LogP contribution in [0.1, 0.15) is 39.4 Å². The highest BCUT2D eigenvalue weighted by Crippen LogP contribution is 2.52. The normalized spacial score (nSPS) is 27.6. The number of rotatable bonds is 4. The highest BCUT2D eigenvalue weighted by atomic mass is 32.1. The van der Waals surface area contributed by atoms with E-state index in [1.165, 1.54) is 11.3 Å². The van der Waals surface area contributed by atoms with Crippen molar-refractivity contribution in [1.29, 1.82) is 0 Å². The van der Waals surface area contributed by atoms with Crippen molar-refractivity contribution >= 4 is 23.2 Å². The molecule has 2 aromatic rings. The number of aryl methyl sites for hydroxylation is 1. The van der Waals surface area contributed by atoms with Crippen LogP contribution < -0.4 is 0 Å². The van der Waals surface area contributed by atoms with E-state index in [-0.39, 0.29) is 18.0 Å². The maximum Gasteiger partial charge on any atom is 0.312 e. The Kier molecular flexibility index (Phi) is 3.91. The van der Waals surface area contributed by atoms with Gasteiger partial charge in [0.15, 0.2) is 0 Å². The van der Waals surface area contributed by atoms with E-state index in [0.29, 0.717) is 12.8 Å². The molecule has 3 heterocycles. The van der Waals surface area contributed by atoms with Crippen LogP contribution in [-0.4, -0.2) is 34.0 Å².